The molecular weight excluding hydrogens is 274 g/mol. The van der Waals surface area contributed by atoms with Crippen molar-refractivity contribution < 1.29 is 9.59 Å². The van der Waals surface area contributed by atoms with Gasteiger partial charge in [0.25, 0.3) is 5.91 Å². The predicted octanol–water partition coefficient (Wildman–Crippen LogP) is -2.26. The molecule has 0 aliphatic carbocycles. The van der Waals surface area contributed by atoms with Gasteiger partial charge in [-0.3, -0.25) is 19.2 Å². The highest BCUT2D eigenvalue weighted by molar-refractivity contribution is 5.92. The number of likely N-dealkylation sites (N-methyl/N-ethyl adjacent to an activating group) is 1. The lowest BCUT2D eigenvalue weighted by molar-refractivity contribution is -0.122. The summed E-state index contributed by atoms with van der Waals surface area (Å²) < 4.78 is 1.56. The van der Waals surface area contributed by atoms with Crippen molar-refractivity contribution in [3.05, 3.63) is 11.9 Å². The van der Waals surface area contributed by atoms with Crippen molar-refractivity contribution in [2.75, 3.05) is 46.3 Å². The van der Waals surface area contributed by atoms with Crippen LogP contribution in [0.3, 0.4) is 0 Å². The van der Waals surface area contributed by atoms with Crippen LogP contribution in [0.15, 0.2) is 6.20 Å². The van der Waals surface area contributed by atoms with Crippen molar-refractivity contribution in [2.45, 2.75) is 6.54 Å². The minimum absolute atomic E-state index is 0.0143. The van der Waals surface area contributed by atoms with E-state index in [-0.39, 0.29) is 11.8 Å². The van der Waals surface area contributed by atoms with Crippen LogP contribution >= 0.6 is 0 Å². The van der Waals surface area contributed by atoms with Crippen molar-refractivity contribution in [3.8, 4) is 0 Å². The average molecular weight is 295 g/mol. The summed E-state index contributed by atoms with van der Waals surface area (Å²) in [5, 5.41) is 10.3. The summed E-state index contributed by atoms with van der Waals surface area (Å²) in [6.07, 6.45) is 1.62. The Morgan fingerprint density at radius 3 is 2.67 bits per heavy atom. The Hall–Kier alpha value is -2.00. The van der Waals surface area contributed by atoms with Crippen molar-refractivity contribution in [1.29, 1.82) is 0 Å². The SMILES string of the molecule is CNC(=O)CN1CCN(C(=O)c2cn(CCN)nn2)CC1. The van der Waals surface area contributed by atoms with Gasteiger partial charge in [-0.25, -0.2) is 0 Å². The zero-order chi connectivity index (χ0) is 15.2. The standard InChI is InChI=1S/C12H21N7O2/c1-14-11(20)9-17-4-6-18(7-5-17)12(21)10-8-19(3-2-13)16-15-10/h8H,2-7,9,13H2,1H3,(H,14,20). The van der Waals surface area contributed by atoms with Crippen LogP contribution in [0.25, 0.3) is 0 Å². The predicted molar refractivity (Wildman–Crippen MR) is 75.5 cm³/mol. The number of piperazine rings is 1. The van der Waals surface area contributed by atoms with E-state index in [1.807, 2.05) is 4.90 Å². The topological polar surface area (TPSA) is 109 Å². The lowest BCUT2D eigenvalue weighted by Gasteiger charge is -2.33. The Labute approximate surface area is 123 Å². The van der Waals surface area contributed by atoms with E-state index in [1.54, 1.807) is 22.8 Å². The number of rotatable bonds is 5. The van der Waals surface area contributed by atoms with Crippen LogP contribution in [-0.2, 0) is 11.3 Å². The third-order valence-corrected chi connectivity index (χ3v) is 3.42. The summed E-state index contributed by atoms with van der Waals surface area (Å²) >= 11 is 0. The molecule has 1 aromatic rings. The second kappa shape index (κ2) is 7.14. The number of hydrogen-bond donors (Lipinski definition) is 2. The first-order valence-electron chi connectivity index (χ1n) is 6.96. The maximum Gasteiger partial charge on any atom is 0.276 e. The number of nitrogens with one attached hydrogen (secondary N) is 1. The molecule has 2 amide bonds. The van der Waals surface area contributed by atoms with E-state index in [1.165, 1.54) is 0 Å². The molecule has 1 aliphatic rings. The summed E-state index contributed by atoms with van der Waals surface area (Å²) in [4.78, 5) is 27.4. The number of amides is 2. The highest BCUT2D eigenvalue weighted by atomic mass is 16.2. The molecule has 9 nitrogen and oxygen atoms in total. The van der Waals surface area contributed by atoms with E-state index in [0.717, 1.165) is 0 Å². The van der Waals surface area contributed by atoms with E-state index in [9.17, 15) is 9.59 Å². The van der Waals surface area contributed by atoms with Crippen LogP contribution in [0.5, 0.6) is 0 Å². The number of nitrogens with zero attached hydrogens (tertiary/aromatic N) is 5. The molecule has 2 heterocycles. The third-order valence-electron chi connectivity index (χ3n) is 3.42. The monoisotopic (exact) mass is 295 g/mol. The lowest BCUT2D eigenvalue weighted by atomic mass is 10.3. The molecule has 0 saturated carbocycles. The van der Waals surface area contributed by atoms with Gasteiger partial charge in [0.15, 0.2) is 5.69 Å². The van der Waals surface area contributed by atoms with Gasteiger partial charge in [-0.2, -0.15) is 0 Å². The largest absolute Gasteiger partial charge is 0.358 e. The first-order valence-corrected chi connectivity index (χ1v) is 6.96. The van der Waals surface area contributed by atoms with Gasteiger partial charge in [0.2, 0.25) is 5.91 Å². The van der Waals surface area contributed by atoms with E-state index >= 15 is 0 Å². The van der Waals surface area contributed by atoms with Crippen LogP contribution in [0.1, 0.15) is 10.5 Å². The van der Waals surface area contributed by atoms with E-state index in [2.05, 4.69) is 15.6 Å². The van der Waals surface area contributed by atoms with Gasteiger partial charge in [0.1, 0.15) is 0 Å². The lowest BCUT2D eigenvalue weighted by Crippen LogP contribution is -2.51. The number of carbonyl (C=O) groups excluding carboxylic acids is 2. The second-order valence-electron chi connectivity index (χ2n) is 4.90. The Morgan fingerprint density at radius 1 is 1.33 bits per heavy atom. The van der Waals surface area contributed by atoms with Crippen LogP contribution < -0.4 is 11.1 Å². The van der Waals surface area contributed by atoms with Gasteiger partial charge in [0, 0.05) is 39.8 Å². The van der Waals surface area contributed by atoms with E-state index in [0.29, 0.717) is 51.5 Å². The van der Waals surface area contributed by atoms with Gasteiger partial charge >= 0.3 is 0 Å². The first-order chi connectivity index (χ1) is 10.1. The second-order valence-corrected chi connectivity index (χ2v) is 4.90. The molecule has 0 bridgehead atoms. The molecule has 1 fully saturated rings. The van der Waals surface area contributed by atoms with Crippen LogP contribution in [0.4, 0.5) is 0 Å². The zero-order valence-electron chi connectivity index (χ0n) is 12.2. The normalized spacial score (nSPS) is 16.0. The molecule has 1 aromatic heterocycles. The van der Waals surface area contributed by atoms with Crippen molar-refractivity contribution in [2.24, 2.45) is 5.73 Å². The van der Waals surface area contributed by atoms with Gasteiger partial charge in [0.05, 0.1) is 19.3 Å². The Morgan fingerprint density at radius 2 is 2.05 bits per heavy atom. The average Bonchev–Trinajstić information content (AvgIpc) is 2.96. The molecule has 9 heteroatoms. The molecule has 116 valence electrons. The van der Waals surface area contributed by atoms with Crippen molar-refractivity contribution >= 4 is 11.8 Å². The molecule has 0 aromatic carbocycles. The molecule has 0 radical (unpaired) electrons. The number of hydrogen-bond acceptors (Lipinski definition) is 6. The Bertz CT molecular complexity index is 494. The van der Waals surface area contributed by atoms with Crippen LogP contribution in [-0.4, -0.2) is 82.9 Å². The first kappa shape index (κ1) is 15.4. The fourth-order valence-electron chi connectivity index (χ4n) is 2.19. The van der Waals surface area contributed by atoms with Gasteiger partial charge in [-0.05, 0) is 0 Å². The zero-order valence-corrected chi connectivity index (χ0v) is 12.2. The maximum atomic E-state index is 12.3. The minimum atomic E-state index is -0.127. The highest BCUT2D eigenvalue weighted by Crippen LogP contribution is 2.06. The summed E-state index contributed by atoms with van der Waals surface area (Å²) in [5.74, 6) is -0.141. The van der Waals surface area contributed by atoms with Crippen molar-refractivity contribution in [3.63, 3.8) is 0 Å². The van der Waals surface area contributed by atoms with Gasteiger partial charge in [-0.15, -0.1) is 5.10 Å². The molecule has 21 heavy (non-hydrogen) atoms. The molecule has 2 rings (SSSR count). The maximum absolute atomic E-state index is 12.3. The minimum Gasteiger partial charge on any atom is -0.358 e. The van der Waals surface area contributed by atoms with Crippen LogP contribution in [0.2, 0.25) is 0 Å². The summed E-state index contributed by atoms with van der Waals surface area (Å²) in [6.45, 7) is 3.88. The van der Waals surface area contributed by atoms with Gasteiger partial charge < -0.3 is 16.0 Å². The quantitative estimate of drug-likeness (QED) is 0.634. The molecule has 1 saturated heterocycles. The van der Waals surface area contributed by atoms with Crippen LogP contribution in [0, 0.1) is 0 Å². The number of aromatic nitrogens is 3. The molecule has 1 aliphatic heterocycles. The Kier molecular flexibility index (Phi) is 5.23. The summed E-state index contributed by atoms with van der Waals surface area (Å²) in [7, 11) is 1.62. The summed E-state index contributed by atoms with van der Waals surface area (Å²) in [5.41, 5.74) is 5.77. The molecule has 3 N–H and O–H groups in total. The number of carbonyl (C=O) groups is 2. The fourth-order valence-corrected chi connectivity index (χ4v) is 2.19. The van der Waals surface area contributed by atoms with Crippen molar-refractivity contribution in [1.82, 2.24) is 30.1 Å². The fraction of sp³-hybridized carbons (Fsp3) is 0.667. The molecule has 0 unspecified atom stereocenters. The van der Waals surface area contributed by atoms with E-state index < -0.39 is 0 Å². The molecule has 0 spiro atoms. The molecule has 0 atom stereocenters. The van der Waals surface area contributed by atoms with Gasteiger partial charge in [-0.1, -0.05) is 5.21 Å². The van der Waals surface area contributed by atoms with E-state index in [4.69, 9.17) is 5.73 Å². The third kappa shape index (κ3) is 3.99. The smallest absolute Gasteiger partial charge is 0.276 e. The summed E-state index contributed by atoms with van der Waals surface area (Å²) in [6, 6.07) is 0. The number of nitrogens with two attached hydrogens (primary N) is 1. The highest BCUT2D eigenvalue weighted by Gasteiger charge is 2.24. The molecular formula is C12H21N7O2. The Balaban J connectivity index is 1.86.